The molecule has 1 N–H and O–H groups in total. The normalized spacial score (nSPS) is 10.4. The van der Waals surface area contributed by atoms with Crippen molar-refractivity contribution in [3.8, 4) is 11.5 Å². The lowest BCUT2D eigenvalue weighted by Gasteiger charge is -2.01. The van der Waals surface area contributed by atoms with Gasteiger partial charge in [-0.05, 0) is 36.4 Å². The van der Waals surface area contributed by atoms with Crippen LogP contribution in [-0.4, -0.2) is 21.1 Å². The minimum atomic E-state index is -0.340. The molecule has 110 valence electrons. The van der Waals surface area contributed by atoms with Gasteiger partial charge < -0.3 is 9.73 Å². The quantitative estimate of drug-likeness (QED) is 0.798. The van der Waals surface area contributed by atoms with Crippen molar-refractivity contribution >= 4 is 5.91 Å². The average Bonchev–Trinajstić information content (AvgIpc) is 3.03. The van der Waals surface area contributed by atoms with E-state index in [9.17, 15) is 9.18 Å². The van der Waals surface area contributed by atoms with Gasteiger partial charge in [0, 0.05) is 23.5 Å². The standard InChI is InChI=1S/C15H11FN4O2/c16-12-3-1-11(2-4-12)15-20-19-13(22-15)9-18-14(21)10-5-7-17-8-6-10/h1-8H,9H2,(H,18,21). The van der Waals surface area contributed by atoms with Crippen LogP contribution in [0.1, 0.15) is 16.2 Å². The van der Waals surface area contributed by atoms with Crippen LogP contribution in [0, 0.1) is 5.82 Å². The Labute approximate surface area is 125 Å². The number of halogens is 1. The van der Waals surface area contributed by atoms with Gasteiger partial charge in [0.05, 0.1) is 6.54 Å². The van der Waals surface area contributed by atoms with Gasteiger partial charge in [-0.15, -0.1) is 10.2 Å². The molecule has 0 spiro atoms. The van der Waals surface area contributed by atoms with E-state index >= 15 is 0 Å². The second-order valence-electron chi connectivity index (χ2n) is 4.43. The van der Waals surface area contributed by atoms with Gasteiger partial charge in [0.15, 0.2) is 0 Å². The van der Waals surface area contributed by atoms with Gasteiger partial charge in [-0.3, -0.25) is 9.78 Å². The Balaban J connectivity index is 1.65. The van der Waals surface area contributed by atoms with Crippen molar-refractivity contribution in [2.45, 2.75) is 6.54 Å². The highest BCUT2D eigenvalue weighted by atomic mass is 19.1. The van der Waals surface area contributed by atoms with Crippen LogP contribution < -0.4 is 5.32 Å². The molecule has 0 fully saturated rings. The Morgan fingerprint density at radius 1 is 1.09 bits per heavy atom. The molecule has 1 aromatic carbocycles. The molecule has 0 unspecified atom stereocenters. The number of aromatic nitrogens is 3. The maximum atomic E-state index is 12.9. The predicted octanol–water partition coefficient (Wildman–Crippen LogP) is 2.20. The number of hydrogen-bond acceptors (Lipinski definition) is 5. The van der Waals surface area contributed by atoms with E-state index < -0.39 is 0 Å². The summed E-state index contributed by atoms with van der Waals surface area (Å²) < 4.78 is 18.3. The maximum absolute atomic E-state index is 12.9. The molecule has 0 aliphatic rings. The number of nitrogens with one attached hydrogen (secondary N) is 1. The summed E-state index contributed by atoms with van der Waals surface area (Å²) in [5.41, 5.74) is 1.11. The fourth-order valence-corrected chi connectivity index (χ4v) is 1.80. The van der Waals surface area contributed by atoms with Gasteiger partial charge in [-0.1, -0.05) is 0 Å². The van der Waals surface area contributed by atoms with Crippen LogP contribution in [0.4, 0.5) is 4.39 Å². The van der Waals surface area contributed by atoms with Crippen molar-refractivity contribution < 1.29 is 13.6 Å². The first-order chi connectivity index (χ1) is 10.7. The number of carbonyl (C=O) groups is 1. The molecule has 0 saturated heterocycles. The largest absolute Gasteiger partial charge is 0.419 e. The molecule has 2 heterocycles. The fourth-order valence-electron chi connectivity index (χ4n) is 1.80. The number of rotatable bonds is 4. The highest BCUT2D eigenvalue weighted by Gasteiger charge is 2.10. The monoisotopic (exact) mass is 298 g/mol. The summed E-state index contributed by atoms with van der Waals surface area (Å²) in [5.74, 6) is -0.0630. The van der Waals surface area contributed by atoms with Crippen LogP contribution in [0.5, 0.6) is 0 Å². The molecule has 2 aromatic heterocycles. The molecule has 22 heavy (non-hydrogen) atoms. The Morgan fingerprint density at radius 3 is 2.55 bits per heavy atom. The molecular formula is C15H11FN4O2. The van der Waals surface area contributed by atoms with Crippen molar-refractivity contribution in [3.63, 3.8) is 0 Å². The number of nitrogens with zero attached hydrogens (tertiary/aromatic N) is 3. The van der Waals surface area contributed by atoms with E-state index in [4.69, 9.17) is 4.42 Å². The summed E-state index contributed by atoms with van der Waals surface area (Å²) in [5, 5.41) is 10.4. The number of amides is 1. The van der Waals surface area contributed by atoms with Gasteiger partial charge in [-0.25, -0.2) is 4.39 Å². The predicted molar refractivity (Wildman–Crippen MR) is 75.1 cm³/mol. The molecular weight excluding hydrogens is 287 g/mol. The number of carbonyl (C=O) groups excluding carboxylic acids is 1. The van der Waals surface area contributed by atoms with E-state index in [1.54, 1.807) is 24.3 Å². The maximum Gasteiger partial charge on any atom is 0.251 e. The molecule has 6 nitrogen and oxygen atoms in total. The number of hydrogen-bond donors (Lipinski definition) is 1. The summed E-state index contributed by atoms with van der Waals surface area (Å²) in [6, 6.07) is 8.92. The highest BCUT2D eigenvalue weighted by Crippen LogP contribution is 2.17. The minimum Gasteiger partial charge on any atom is -0.419 e. The van der Waals surface area contributed by atoms with E-state index in [0.29, 0.717) is 11.1 Å². The molecule has 1 amide bonds. The summed E-state index contributed by atoms with van der Waals surface area (Å²) in [7, 11) is 0. The Hall–Kier alpha value is -3.09. The second-order valence-corrected chi connectivity index (χ2v) is 4.43. The first kappa shape index (κ1) is 13.9. The van der Waals surface area contributed by atoms with E-state index in [-0.39, 0.29) is 30.1 Å². The van der Waals surface area contributed by atoms with Crippen LogP contribution in [0.3, 0.4) is 0 Å². The summed E-state index contributed by atoms with van der Waals surface area (Å²) >= 11 is 0. The van der Waals surface area contributed by atoms with Crippen molar-refractivity contribution in [1.82, 2.24) is 20.5 Å². The first-order valence-electron chi connectivity index (χ1n) is 6.49. The Bertz CT molecular complexity index is 772. The van der Waals surface area contributed by atoms with Gasteiger partial charge in [0.1, 0.15) is 5.82 Å². The SMILES string of the molecule is O=C(NCc1nnc(-c2ccc(F)cc2)o1)c1ccncc1. The zero-order chi connectivity index (χ0) is 15.4. The molecule has 0 atom stereocenters. The molecule has 0 aliphatic carbocycles. The van der Waals surface area contributed by atoms with Crippen LogP contribution >= 0.6 is 0 Å². The molecule has 0 radical (unpaired) electrons. The third-order valence-electron chi connectivity index (χ3n) is 2.90. The summed E-state index contributed by atoms with van der Waals surface area (Å²) in [6.07, 6.45) is 3.07. The highest BCUT2D eigenvalue weighted by molar-refractivity contribution is 5.93. The molecule has 0 saturated carbocycles. The van der Waals surface area contributed by atoms with E-state index in [0.717, 1.165) is 0 Å². The van der Waals surface area contributed by atoms with E-state index in [1.165, 1.54) is 24.5 Å². The van der Waals surface area contributed by atoms with E-state index in [1.807, 2.05) is 0 Å². The lowest BCUT2D eigenvalue weighted by Crippen LogP contribution is -2.22. The summed E-state index contributed by atoms with van der Waals surface area (Å²) in [6.45, 7) is 0.106. The molecule has 3 rings (SSSR count). The Kier molecular flexibility index (Phi) is 3.86. The van der Waals surface area contributed by atoms with Crippen LogP contribution in [0.15, 0.2) is 53.2 Å². The van der Waals surface area contributed by atoms with Gasteiger partial charge in [0.25, 0.3) is 5.91 Å². The van der Waals surface area contributed by atoms with Crippen LogP contribution in [0.25, 0.3) is 11.5 Å². The topological polar surface area (TPSA) is 80.9 Å². The first-order valence-corrected chi connectivity index (χ1v) is 6.49. The van der Waals surface area contributed by atoms with E-state index in [2.05, 4.69) is 20.5 Å². The molecule has 7 heteroatoms. The van der Waals surface area contributed by atoms with Crippen molar-refractivity contribution in [3.05, 3.63) is 66.1 Å². The second kappa shape index (κ2) is 6.13. The van der Waals surface area contributed by atoms with Gasteiger partial charge >= 0.3 is 0 Å². The minimum absolute atomic E-state index is 0.106. The summed E-state index contributed by atoms with van der Waals surface area (Å²) in [4.78, 5) is 15.7. The van der Waals surface area contributed by atoms with Gasteiger partial charge in [-0.2, -0.15) is 0 Å². The average molecular weight is 298 g/mol. The zero-order valence-electron chi connectivity index (χ0n) is 11.4. The third-order valence-corrected chi connectivity index (χ3v) is 2.90. The molecule has 3 aromatic rings. The smallest absolute Gasteiger partial charge is 0.251 e. The van der Waals surface area contributed by atoms with Crippen molar-refractivity contribution in [2.24, 2.45) is 0 Å². The van der Waals surface area contributed by atoms with Crippen molar-refractivity contribution in [1.29, 1.82) is 0 Å². The molecule has 0 aliphatic heterocycles. The number of pyridine rings is 1. The van der Waals surface area contributed by atoms with Crippen LogP contribution in [0.2, 0.25) is 0 Å². The lowest BCUT2D eigenvalue weighted by molar-refractivity contribution is 0.0947. The number of benzene rings is 1. The van der Waals surface area contributed by atoms with Crippen LogP contribution in [-0.2, 0) is 6.54 Å². The fraction of sp³-hybridized carbons (Fsp3) is 0.0667. The molecule has 0 bridgehead atoms. The zero-order valence-corrected chi connectivity index (χ0v) is 11.4. The lowest BCUT2D eigenvalue weighted by atomic mass is 10.2. The van der Waals surface area contributed by atoms with Crippen molar-refractivity contribution in [2.75, 3.05) is 0 Å². The Morgan fingerprint density at radius 2 is 1.82 bits per heavy atom. The van der Waals surface area contributed by atoms with Gasteiger partial charge in [0.2, 0.25) is 11.8 Å². The third kappa shape index (κ3) is 3.14.